The van der Waals surface area contributed by atoms with Crippen LogP contribution in [0.5, 0.6) is 5.75 Å². The highest BCUT2D eigenvalue weighted by molar-refractivity contribution is 6.61. The highest BCUT2D eigenvalue weighted by atomic mass is 16.5. The number of anilines is 1. The van der Waals surface area contributed by atoms with Crippen LogP contribution in [0.15, 0.2) is 42.5 Å². The molecule has 1 heterocycles. The summed E-state index contributed by atoms with van der Waals surface area (Å²) in [7, 11) is 20.0. The summed E-state index contributed by atoms with van der Waals surface area (Å²) in [5.74, 6) is 0.625. The smallest absolute Gasteiger partial charge is 0.158 e. The first-order chi connectivity index (χ1) is 15.7. The van der Waals surface area contributed by atoms with E-state index in [2.05, 4.69) is 98.0 Å². The minimum atomic E-state index is -1.17. The first kappa shape index (κ1) is 28.1. The van der Waals surface area contributed by atoms with Gasteiger partial charge in [0.05, 0.1) is 16.8 Å². The van der Waals surface area contributed by atoms with Gasteiger partial charge in [0.2, 0.25) is 0 Å². The Bertz CT molecular complexity index is 1070. The fourth-order valence-electron chi connectivity index (χ4n) is 6.39. The van der Waals surface area contributed by atoms with E-state index in [9.17, 15) is 5.11 Å². The lowest BCUT2D eigenvalue weighted by atomic mass is 9.14. The van der Waals surface area contributed by atoms with Gasteiger partial charge in [-0.1, -0.05) is 40.8 Å². The number of hydrogen-bond acceptors (Lipinski definition) is 4. The molecule has 0 spiro atoms. The molecule has 13 heteroatoms. The van der Waals surface area contributed by atoms with E-state index >= 15 is 0 Å². The SMILES string of the molecule is BC(C)(C)Oc1cc(C2(O)C(B)(B)C(B)(B)N(Cc3ccccc3)C(B)(B)C2(B)B)c(C)cc1N. The van der Waals surface area contributed by atoms with E-state index in [1.807, 2.05) is 40.8 Å². The van der Waals surface area contributed by atoms with Gasteiger partial charge in [-0.3, -0.25) is 0 Å². The molecule has 3 rings (SSSR count). The molecule has 1 saturated heterocycles. The van der Waals surface area contributed by atoms with Crippen molar-refractivity contribution in [1.29, 1.82) is 0 Å². The summed E-state index contributed by atoms with van der Waals surface area (Å²) in [6, 6.07) is 14.6. The monoisotopic (exact) mass is 462 g/mol. The van der Waals surface area contributed by atoms with Crippen molar-refractivity contribution >= 4 is 76.3 Å². The fourth-order valence-corrected chi connectivity index (χ4v) is 6.39. The molecule has 176 valence electrons. The predicted octanol–water partition coefficient (Wildman–Crippen LogP) is -5.37. The molecular formula is C22H39B9N2O2. The zero-order valence-corrected chi connectivity index (χ0v) is 24.1. The molecular weight excluding hydrogens is 422 g/mol. The number of hydrogen-bond donors (Lipinski definition) is 2. The summed E-state index contributed by atoms with van der Waals surface area (Å²) in [6.07, 6.45) is 0. The topological polar surface area (TPSA) is 58.7 Å². The van der Waals surface area contributed by atoms with E-state index in [0.29, 0.717) is 11.4 Å². The second-order valence-electron chi connectivity index (χ2n) is 13.6. The number of nitrogens with two attached hydrogens (primary N) is 1. The molecule has 35 heavy (non-hydrogen) atoms. The Morgan fingerprint density at radius 1 is 0.914 bits per heavy atom. The van der Waals surface area contributed by atoms with Crippen LogP contribution in [0.25, 0.3) is 0 Å². The summed E-state index contributed by atoms with van der Waals surface area (Å²) in [5, 5.41) is 11.4. The van der Waals surface area contributed by atoms with Crippen molar-refractivity contribution in [2.24, 2.45) is 0 Å². The van der Waals surface area contributed by atoms with Gasteiger partial charge in [0, 0.05) is 6.54 Å². The maximum absolute atomic E-state index is 13.1. The molecule has 3 N–H and O–H groups in total. The van der Waals surface area contributed by atoms with Crippen molar-refractivity contribution in [1.82, 2.24) is 4.90 Å². The highest BCUT2D eigenvalue weighted by Gasteiger charge is 2.70. The van der Waals surface area contributed by atoms with Gasteiger partial charge in [-0.25, -0.2) is 0 Å². The Balaban J connectivity index is 2.28. The second kappa shape index (κ2) is 8.55. The second-order valence-corrected chi connectivity index (χ2v) is 13.6. The maximum atomic E-state index is 13.1. The van der Waals surface area contributed by atoms with Crippen molar-refractivity contribution in [2.45, 2.75) is 59.5 Å². The largest absolute Gasteiger partial charge is 0.495 e. The van der Waals surface area contributed by atoms with Crippen molar-refractivity contribution in [3.05, 3.63) is 59.2 Å². The number of aliphatic hydroxyl groups is 1. The molecule has 1 fully saturated rings. The molecule has 0 radical (unpaired) electrons. The molecule has 2 aromatic rings. The third-order valence-corrected chi connectivity index (χ3v) is 9.56. The Kier molecular flexibility index (Phi) is 6.87. The lowest BCUT2D eigenvalue weighted by Gasteiger charge is -2.76. The molecule has 0 aliphatic carbocycles. The van der Waals surface area contributed by atoms with Crippen LogP contribution in [-0.4, -0.2) is 96.8 Å². The molecule has 2 aromatic carbocycles. The average molecular weight is 461 g/mol. The van der Waals surface area contributed by atoms with Gasteiger partial charge in [-0.15, -0.1) is 0 Å². The number of likely N-dealkylation sites (tertiary alicyclic amines) is 1. The Morgan fingerprint density at radius 3 is 1.86 bits per heavy atom. The van der Waals surface area contributed by atoms with Crippen LogP contribution < -0.4 is 10.5 Å². The van der Waals surface area contributed by atoms with E-state index in [-0.39, 0.29) is 10.7 Å². The van der Waals surface area contributed by atoms with E-state index in [0.717, 1.165) is 17.7 Å². The first-order valence-electron chi connectivity index (χ1n) is 12.9. The number of aryl methyl sites for hydroxylation is 1. The number of benzene rings is 2. The lowest BCUT2D eigenvalue weighted by Crippen LogP contribution is -2.82. The predicted molar refractivity (Wildman–Crippen MR) is 174 cm³/mol. The summed E-state index contributed by atoms with van der Waals surface area (Å²) in [4.78, 5) is 2.59. The molecule has 0 atom stereocenters. The minimum Gasteiger partial charge on any atom is -0.495 e. The summed E-state index contributed by atoms with van der Waals surface area (Å²) in [5.41, 5.74) is 8.58. The lowest BCUT2D eigenvalue weighted by molar-refractivity contribution is -0.0946. The van der Waals surface area contributed by atoms with E-state index in [1.54, 1.807) is 0 Å². The zero-order valence-electron chi connectivity index (χ0n) is 24.1. The number of nitrogen functional groups attached to an aromatic ring is 1. The molecule has 0 saturated carbocycles. The third kappa shape index (κ3) is 4.15. The molecule has 4 nitrogen and oxygen atoms in total. The van der Waals surface area contributed by atoms with Gasteiger partial charge >= 0.3 is 0 Å². The van der Waals surface area contributed by atoms with Crippen LogP contribution in [0.1, 0.15) is 30.5 Å². The molecule has 0 amide bonds. The summed E-state index contributed by atoms with van der Waals surface area (Å²) in [6.45, 7) is 6.89. The number of piperidine rings is 1. The summed E-state index contributed by atoms with van der Waals surface area (Å²) < 4.78 is 6.26. The van der Waals surface area contributed by atoms with Gasteiger partial charge < -0.3 is 20.5 Å². The number of rotatable bonds is 5. The number of nitrogens with zero attached hydrogens (tertiary/aromatic N) is 1. The van der Waals surface area contributed by atoms with E-state index in [4.69, 9.17) is 10.5 Å². The highest BCUT2D eigenvalue weighted by Crippen LogP contribution is 2.67. The van der Waals surface area contributed by atoms with Crippen molar-refractivity contribution in [2.75, 3.05) is 5.73 Å². The van der Waals surface area contributed by atoms with Crippen LogP contribution in [0.4, 0.5) is 5.69 Å². The van der Waals surface area contributed by atoms with Gasteiger partial charge in [0.15, 0.2) is 7.85 Å². The Morgan fingerprint density at radius 2 is 1.40 bits per heavy atom. The fraction of sp³-hybridized carbons (Fsp3) is 0.455. The van der Waals surface area contributed by atoms with Crippen molar-refractivity contribution < 1.29 is 9.84 Å². The summed E-state index contributed by atoms with van der Waals surface area (Å²) >= 11 is 0. The Hall–Kier alpha value is -1.46. The van der Waals surface area contributed by atoms with Crippen LogP contribution in [0.3, 0.4) is 0 Å². The Labute approximate surface area is 221 Å². The van der Waals surface area contributed by atoms with Crippen molar-refractivity contribution in [3.8, 4) is 5.75 Å². The van der Waals surface area contributed by atoms with E-state index < -0.39 is 21.5 Å². The van der Waals surface area contributed by atoms with Gasteiger partial charge in [-0.2, -0.15) is 0 Å². The van der Waals surface area contributed by atoms with Crippen LogP contribution in [0, 0.1) is 6.92 Å². The molecule has 1 aliphatic heterocycles. The third-order valence-electron chi connectivity index (χ3n) is 9.56. The average Bonchev–Trinajstić information content (AvgIpc) is 2.71. The van der Waals surface area contributed by atoms with Gasteiger partial charge in [0.1, 0.15) is 68.5 Å². The molecule has 0 bridgehead atoms. The number of ether oxygens (including phenoxy) is 1. The van der Waals surface area contributed by atoms with Crippen molar-refractivity contribution in [3.63, 3.8) is 0 Å². The standard InChI is InChI=1S/C22H39B9N2O2/c1-12-9-15(32)16(35-17(2,3)23)10-14(12)18(34)19(24,25)21(28,29)33(22(30,31)20(18,26)27)11-13-7-5-4-6-8-13/h4-10,34H,11,23-32H2,1-3H3. The first-order valence-corrected chi connectivity index (χ1v) is 12.9. The normalized spacial score (nSPS) is 22.3. The zero-order chi connectivity index (χ0) is 26.8. The quantitative estimate of drug-likeness (QED) is 0.346. The molecule has 0 unspecified atom stereocenters. The minimum absolute atomic E-state index is 0.352. The van der Waals surface area contributed by atoms with Crippen LogP contribution in [-0.2, 0) is 12.1 Å². The van der Waals surface area contributed by atoms with Gasteiger partial charge in [0.25, 0.3) is 0 Å². The molecule has 1 aliphatic rings. The molecule has 0 aromatic heterocycles. The maximum Gasteiger partial charge on any atom is 0.158 e. The van der Waals surface area contributed by atoms with Gasteiger partial charge in [-0.05, 0) is 60.3 Å². The van der Waals surface area contributed by atoms with Crippen LogP contribution in [0.2, 0.25) is 10.4 Å². The van der Waals surface area contributed by atoms with E-state index in [1.165, 1.54) is 5.56 Å². The van der Waals surface area contributed by atoms with Crippen LogP contribution >= 0.6 is 0 Å².